The van der Waals surface area contributed by atoms with Gasteiger partial charge in [0.25, 0.3) is 0 Å². The van der Waals surface area contributed by atoms with E-state index in [1.54, 1.807) is 12.3 Å². The van der Waals surface area contributed by atoms with Crippen LogP contribution in [0.3, 0.4) is 0 Å². The molecule has 0 aliphatic carbocycles. The Bertz CT molecular complexity index is 569. The summed E-state index contributed by atoms with van der Waals surface area (Å²) >= 11 is 3.39. The van der Waals surface area contributed by atoms with E-state index >= 15 is 0 Å². The first-order valence-corrected chi connectivity index (χ1v) is 5.96. The molecule has 0 unspecified atom stereocenters. The minimum Gasteiger partial charge on any atom is -0.467 e. The molecule has 0 saturated heterocycles. The Morgan fingerprint density at radius 1 is 1.41 bits per heavy atom. The molecule has 17 heavy (non-hydrogen) atoms. The minimum atomic E-state index is 0.573. The number of nitrogens with zero attached hydrogens (tertiary/aromatic N) is 1. The van der Waals surface area contributed by atoms with E-state index in [9.17, 15) is 0 Å². The van der Waals surface area contributed by atoms with Crippen molar-refractivity contribution in [1.82, 2.24) is 0 Å². The van der Waals surface area contributed by atoms with Gasteiger partial charge in [-0.3, -0.25) is 0 Å². The molecule has 3 nitrogen and oxygen atoms in total. The number of aryl methyl sites for hydroxylation is 1. The van der Waals surface area contributed by atoms with Crippen molar-refractivity contribution in [2.45, 2.75) is 13.5 Å². The summed E-state index contributed by atoms with van der Waals surface area (Å²) in [5.41, 5.74) is 2.53. The van der Waals surface area contributed by atoms with Gasteiger partial charge in [0.05, 0.1) is 24.1 Å². The number of hydrogen-bond donors (Lipinski definition) is 1. The highest BCUT2D eigenvalue weighted by atomic mass is 79.9. The molecule has 2 aromatic rings. The van der Waals surface area contributed by atoms with Crippen LogP contribution in [-0.2, 0) is 6.54 Å². The molecule has 2 rings (SSSR count). The Morgan fingerprint density at radius 3 is 2.88 bits per heavy atom. The van der Waals surface area contributed by atoms with Gasteiger partial charge in [0.2, 0.25) is 0 Å². The smallest absolute Gasteiger partial charge is 0.125 e. The molecule has 1 aromatic carbocycles. The first-order chi connectivity index (χ1) is 8.20. The second kappa shape index (κ2) is 5.07. The number of hydrogen-bond acceptors (Lipinski definition) is 3. The zero-order valence-electron chi connectivity index (χ0n) is 9.33. The SMILES string of the molecule is Cc1ccoc1CNc1cc(Br)ccc1C#N. The van der Waals surface area contributed by atoms with E-state index in [-0.39, 0.29) is 0 Å². The number of furan rings is 1. The molecule has 0 bridgehead atoms. The fraction of sp³-hybridized carbons (Fsp3) is 0.154. The minimum absolute atomic E-state index is 0.573. The van der Waals surface area contributed by atoms with E-state index in [4.69, 9.17) is 9.68 Å². The maximum atomic E-state index is 8.99. The summed E-state index contributed by atoms with van der Waals surface area (Å²) in [5, 5.41) is 12.2. The predicted octanol–water partition coefficient (Wildman–Crippen LogP) is 3.83. The lowest BCUT2D eigenvalue weighted by atomic mass is 10.2. The monoisotopic (exact) mass is 290 g/mol. The third-order valence-corrected chi connectivity index (χ3v) is 3.00. The van der Waals surface area contributed by atoms with Crippen molar-refractivity contribution in [2.75, 3.05) is 5.32 Å². The standard InChI is InChI=1S/C13H11BrN2O/c1-9-4-5-17-13(9)8-16-12-6-11(14)3-2-10(12)7-15/h2-6,16H,8H2,1H3. The molecule has 0 atom stereocenters. The van der Waals surface area contributed by atoms with Gasteiger partial charge in [-0.05, 0) is 36.8 Å². The maximum Gasteiger partial charge on any atom is 0.125 e. The van der Waals surface area contributed by atoms with Crippen LogP contribution in [0.5, 0.6) is 0 Å². The summed E-state index contributed by atoms with van der Waals surface area (Å²) in [7, 11) is 0. The second-order valence-corrected chi connectivity index (χ2v) is 4.60. The quantitative estimate of drug-likeness (QED) is 0.934. The molecular weight excluding hydrogens is 280 g/mol. The van der Waals surface area contributed by atoms with Crippen LogP contribution in [0.1, 0.15) is 16.9 Å². The third kappa shape index (κ3) is 2.69. The van der Waals surface area contributed by atoms with Crippen LogP contribution in [-0.4, -0.2) is 0 Å². The van der Waals surface area contributed by atoms with E-state index in [2.05, 4.69) is 27.3 Å². The van der Waals surface area contributed by atoms with Gasteiger partial charge < -0.3 is 9.73 Å². The number of nitriles is 1. The van der Waals surface area contributed by atoms with Gasteiger partial charge >= 0.3 is 0 Å². The highest BCUT2D eigenvalue weighted by Gasteiger charge is 2.05. The van der Waals surface area contributed by atoms with Crippen molar-refractivity contribution in [3.05, 3.63) is 51.9 Å². The fourth-order valence-electron chi connectivity index (χ4n) is 1.52. The van der Waals surface area contributed by atoms with Crippen molar-refractivity contribution in [3.63, 3.8) is 0 Å². The second-order valence-electron chi connectivity index (χ2n) is 3.68. The topological polar surface area (TPSA) is 49.0 Å². The average molecular weight is 291 g/mol. The van der Waals surface area contributed by atoms with Crippen LogP contribution in [0.25, 0.3) is 0 Å². The Morgan fingerprint density at radius 2 is 2.24 bits per heavy atom. The summed E-state index contributed by atoms with van der Waals surface area (Å²) < 4.78 is 6.27. The molecule has 0 aliphatic heterocycles. The van der Waals surface area contributed by atoms with Crippen LogP contribution >= 0.6 is 15.9 Å². The van der Waals surface area contributed by atoms with Crippen LogP contribution in [0.4, 0.5) is 5.69 Å². The molecule has 1 aromatic heterocycles. The summed E-state index contributed by atoms with van der Waals surface area (Å²) in [6.07, 6.45) is 1.67. The first kappa shape index (κ1) is 11.7. The zero-order chi connectivity index (χ0) is 12.3. The largest absolute Gasteiger partial charge is 0.467 e. The molecule has 0 radical (unpaired) electrons. The molecule has 0 amide bonds. The fourth-order valence-corrected chi connectivity index (χ4v) is 1.88. The molecular formula is C13H11BrN2O. The summed E-state index contributed by atoms with van der Waals surface area (Å²) in [4.78, 5) is 0. The van der Waals surface area contributed by atoms with Crippen molar-refractivity contribution in [3.8, 4) is 6.07 Å². The molecule has 0 fully saturated rings. The summed E-state index contributed by atoms with van der Waals surface area (Å²) in [6, 6.07) is 9.59. The number of rotatable bonds is 3. The van der Waals surface area contributed by atoms with Gasteiger partial charge in [-0.2, -0.15) is 5.26 Å². The third-order valence-electron chi connectivity index (χ3n) is 2.51. The number of halogens is 1. The van der Waals surface area contributed by atoms with E-state index in [0.29, 0.717) is 12.1 Å². The molecule has 0 saturated carbocycles. The van der Waals surface area contributed by atoms with Crippen LogP contribution in [0, 0.1) is 18.3 Å². The Labute approximate surface area is 108 Å². The Kier molecular flexibility index (Phi) is 3.50. The normalized spacial score (nSPS) is 9.94. The van der Waals surface area contributed by atoms with Crippen LogP contribution < -0.4 is 5.32 Å². The Balaban J connectivity index is 2.17. The predicted molar refractivity (Wildman–Crippen MR) is 69.6 cm³/mol. The van der Waals surface area contributed by atoms with E-state index < -0.39 is 0 Å². The number of nitrogens with one attached hydrogen (secondary N) is 1. The average Bonchev–Trinajstić information content (AvgIpc) is 2.72. The highest BCUT2D eigenvalue weighted by Crippen LogP contribution is 2.22. The van der Waals surface area contributed by atoms with Gasteiger partial charge in [-0.25, -0.2) is 0 Å². The van der Waals surface area contributed by atoms with Crippen molar-refractivity contribution >= 4 is 21.6 Å². The zero-order valence-corrected chi connectivity index (χ0v) is 10.9. The van der Waals surface area contributed by atoms with E-state index in [0.717, 1.165) is 21.5 Å². The van der Waals surface area contributed by atoms with E-state index in [1.165, 1.54) is 0 Å². The molecule has 4 heteroatoms. The van der Waals surface area contributed by atoms with Gasteiger partial charge in [0, 0.05) is 4.47 Å². The maximum absolute atomic E-state index is 8.99. The lowest BCUT2D eigenvalue weighted by molar-refractivity contribution is 0.515. The van der Waals surface area contributed by atoms with Crippen molar-refractivity contribution < 1.29 is 4.42 Å². The van der Waals surface area contributed by atoms with Gasteiger partial charge in [0.1, 0.15) is 11.8 Å². The van der Waals surface area contributed by atoms with Gasteiger partial charge in [-0.1, -0.05) is 15.9 Å². The van der Waals surface area contributed by atoms with Gasteiger partial charge in [-0.15, -0.1) is 0 Å². The van der Waals surface area contributed by atoms with Crippen molar-refractivity contribution in [2.24, 2.45) is 0 Å². The molecule has 0 aliphatic rings. The molecule has 0 spiro atoms. The molecule has 1 N–H and O–H groups in total. The molecule has 86 valence electrons. The summed E-state index contributed by atoms with van der Waals surface area (Å²) in [6.45, 7) is 2.57. The number of anilines is 1. The van der Waals surface area contributed by atoms with Crippen LogP contribution in [0.15, 0.2) is 39.4 Å². The van der Waals surface area contributed by atoms with Gasteiger partial charge in [0.15, 0.2) is 0 Å². The number of benzene rings is 1. The first-order valence-electron chi connectivity index (χ1n) is 5.17. The lowest BCUT2D eigenvalue weighted by Gasteiger charge is -2.07. The lowest BCUT2D eigenvalue weighted by Crippen LogP contribution is -2.01. The van der Waals surface area contributed by atoms with E-state index in [1.807, 2.05) is 25.1 Å². The van der Waals surface area contributed by atoms with Crippen LogP contribution in [0.2, 0.25) is 0 Å². The highest BCUT2D eigenvalue weighted by molar-refractivity contribution is 9.10. The summed E-state index contributed by atoms with van der Waals surface area (Å²) in [5.74, 6) is 0.883. The van der Waals surface area contributed by atoms with Crippen molar-refractivity contribution in [1.29, 1.82) is 5.26 Å². The molecule has 1 heterocycles. The Hall–Kier alpha value is -1.73.